The van der Waals surface area contributed by atoms with Crippen molar-refractivity contribution in [1.82, 2.24) is 9.88 Å². The third-order valence-corrected chi connectivity index (χ3v) is 10.0. The molecule has 1 aromatic carbocycles. The van der Waals surface area contributed by atoms with Crippen molar-refractivity contribution in [3.63, 3.8) is 0 Å². The van der Waals surface area contributed by atoms with Crippen molar-refractivity contribution in [2.45, 2.75) is 38.1 Å². The van der Waals surface area contributed by atoms with Gasteiger partial charge >= 0.3 is 6.09 Å². The zero-order valence-corrected chi connectivity index (χ0v) is 23.7. The molecule has 214 valence electrons. The van der Waals surface area contributed by atoms with Crippen LogP contribution >= 0.6 is 0 Å². The molecule has 0 bridgehead atoms. The van der Waals surface area contributed by atoms with E-state index in [4.69, 9.17) is 14.5 Å². The Kier molecular flexibility index (Phi) is 7.07. The van der Waals surface area contributed by atoms with Crippen molar-refractivity contribution in [3.8, 4) is 0 Å². The number of nitrogens with zero attached hydrogens (tertiary/aromatic N) is 5. The van der Waals surface area contributed by atoms with Crippen LogP contribution in [0.4, 0.5) is 22.0 Å². The lowest BCUT2D eigenvalue weighted by Gasteiger charge is -2.36. The number of methoxy groups -OCH3 is 1. The first-order chi connectivity index (χ1) is 19.3. The summed E-state index contributed by atoms with van der Waals surface area (Å²) in [5.41, 5.74) is 3.53. The maximum absolute atomic E-state index is 13.8. The number of cyclic esters (lactones) is 1. The number of piperazine rings is 1. The van der Waals surface area contributed by atoms with Crippen molar-refractivity contribution in [2.75, 3.05) is 72.9 Å². The number of benzene rings is 1. The molecule has 1 unspecified atom stereocenters. The second kappa shape index (κ2) is 10.5. The fraction of sp³-hybridized carbons (Fsp3) is 0.536. The van der Waals surface area contributed by atoms with Gasteiger partial charge in [-0.1, -0.05) is 6.07 Å². The van der Waals surface area contributed by atoms with Crippen molar-refractivity contribution in [1.29, 1.82) is 0 Å². The van der Waals surface area contributed by atoms with E-state index in [1.54, 1.807) is 30.2 Å². The Balaban J connectivity index is 1.24. The predicted octanol–water partition coefficient (Wildman–Crippen LogP) is 2.74. The molecule has 12 heteroatoms. The van der Waals surface area contributed by atoms with Crippen LogP contribution in [0, 0.1) is 6.92 Å². The highest BCUT2D eigenvalue weighted by Gasteiger charge is 2.38. The van der Waals surface area contributed by atoms with E-state index in [2.05, 4.69) is 17.9 Å². The molecule has 1 saturated carbocycles. The van der Waals surface area contributed by atoms with Gasteiger partial charge in [0.15, 0.2) is 0 Å². The van der Waals surface area contributed by atoms with Crippen LogP contribution in [0.5, 0.6) is 0 Å². The minimum atomic E-state index is -3.57. The average molecular weight is 570 g/mol. The van der Waals surface area contributed by atoms with Crippen molar-refractivity contribution in [2.24, 2.45) is 0 Å². The van der Waals surface area contributed by atoms with Crippen LogP contribution in [-0.4, -0.2) is 95.1 Å². The zero-order valence-electron chi connectivity index (χ0n) is 22.9. The SMILES string of the molecule is COCC1COC(=O)N1c1ccc(C(=O)N2CCN(c3ncc(C4CC4)cc3C)CC2)c(N2CCCS2(=O)=O)c1. The Morgan fingerprint density at radius 1 is 1.12 bits per heavy atom. The largest absolute Gasteiger partial charge is 0.447 e. The molecule has 4 heterocycles. The molecular weight excluding hydrogens is 534 g/mol. The summed E-state index contributed by atoms with van der Waals surface area (Å²) in [7, 11) is -2.03. The van der Waals surface area contributed by atoms with E-state index in [1.165, 1.54) is 27.6 Å². The van der Waals surface area contributed by atoms with Crippen molar-refractivity contribution < 1.29 is 27.5 Å². The van der Waals surface area contributed by atoms with Gasteiger partial charge < -0.3 is 19.3 Å². The quantitative estimate of drug-likeness (QED) is 0.501. The molecule has 3 aliphatic heterocycles. The van der Waals surface area contributed by atoms with Gasteiger partial charge in [0.25, 0.3) is 5.91 Å². The van der Waals surface area contributed by atoms with E-state index >= 15 is 0 Å². The summed E-state index contributed by atoms with van der Waals surface area (Å²) in [6.45, 7) is 5.07. The molecular formula is C28H35N5O6S. The first-order valence-electron chi connectivity index (χ1n) is 13.9. The third-order valence-electron chi connectivity index (χ3n) is 8.16. The summed E-state index contributed by atoms with van der Waals surface area (Å²) in [5, 5.41) is 0. The van der Waals surface area contributed by atoms with Gasteiger partial charge in [-0.05, 0) is 61.4 Å². The van der Waals surface area contributed by atoms with Gasteiger partial charge in [0, 0.05) is 51.7 Å². The number of carbonyl (C=O) groups is 2. The Morgan fingerprint density at radius 2 is 1.90 bits per heavy atom. The Bertz CT molecular complexity index is 1420. The van der Waals surface area contributed by atoms with Gasteiger partial charge in [-0.2, -0.15) is 0 Å². The molecule has 6 rings (SSSR count). The number of aromatic nitrogens is 1. The van der Waals surface area contributed by atoms with Gasteiger partial charge in [-0.3, -0.25) is 14.0 Å². The smallest absolute Gasteiger partial charge is 0.414 e. The molecule has 3 saturated heterocycles. The average Bonchev–Trinajstić information content (AvgIpc) is 3.65. The fourth-order valence-corrected chi connectivity index (χ4v) is 7.48. The number of ether oxygens (including phenoxy) is 2. The molecule has 0 N–H and O–H groups in total. The Morgan fingerprint density at radius 3 is 2.55 bits per heavy atom. The van der Waals surface area contributed by atoms with Gasteiger partial charge in [-0.25, -0.2) is 18.2 Å². The number of anilines is 3. The van der Waals surface area contributed by atoms with Crippen LogP contribution in [-0.2, 0) is 19.5 Å². The first-order valence-corrected chi connectivity index (χ1v) is 15.5. The molecule has 11 nitrogen and oxygen atoms in total. The Labute approximate surface area is 234 Å². The van der Waals surface area contributed by atoms with E-state index in [0.29, 0.717) is 55.5 Å². The third kappa shape index (κ3) is 4.98. The highest BCUT2D eigenvalue weighted by atomic mass is 32.2. The van der Waals surface area contributed by atoms with Gasteiger partial charge in [0.05, 0.1) is 29.7 Å². The summed E-state index contributed by atoms with van der Waals surface area (Å²) in [4.78, 5) is 36.6. The highest BCUT2D eigenvalue weighted by Crippen LogP contribution is 2.41. The van der Waals surface area contributed by atoms with Gasteiger partial charge in [0.2, 0.25) is 10.0 Å². The van der Waals surface area contributed by atoms with E-state index in [1.807, 2.05) is 6.20 Å². The van der Waals surface area contributed by atoms with Crippen molar-refractivity contribution >= 4 is 39.2 Å². The van der Waals surface area contributed by atoms with Crippen LogP contribution in [0.2, 0.25) is 0 Å². The summed E-state index contributed by atoms with van der Waals surface area (Å²) in [6.07, 6.45) is 4.40. The molecule has 1 atom stereocenters. The van der Waals surface area contributed by atoms with Crippen LogP contribution in [0.1, 0.15) is 46.7 Å². The second-order valence-corrected chi connectivity index (χ2v) is 13.0. The number of hydrogen-bond acceptors (Lipinski definition) is 8. The number of aryl methyl sites for hydroxylation is 1. The van der Waals surface area contributed by atoms with E-state index in [-0.39, 0.29) is 37.5 Å². The van der Waals surface area contributed by atoms with Gasteiger partial charge in [-0.15, -0.1) is 0 Å². The molecule has 1 aliphatic carbocycles. The number of pyridine rings is 1. The maximum Gasteiger partial charge on any atom is 0.414 e. The zero-order chi connectivity index (χ0) is 28.0. The number of amides is 2. The molecule has 4 fully saturated rings. The monoisotopic (exact) mass is 569 g/mol. The standard InChI is InChI=1S/C28H35N5O6S/c1-19-14-21(20-4-5-20)16-29-26(19)30-9-11-31(12-10-30)27(34)24-7-6-22(33-23(17-38-2)18-39-28(33)35)15-25(24)32-8-3-13-40(32,36)37/h6-7,14-16,20,23H,3-5,8-13,17-18H2,1-2H3. The Hall–Kier alpha value is -3.38. The number of rotatable bonds is 7. The molecule has 2 aromatic rings. The maximum atomic E-state index is 13.8. The van der Waals surface area contributed by atoms with Gasteiger partial charge in [0.1, 0.15) is 12.4 Å². The molecule has 4 aliphatic rings. The summed E-state index contributed by atoms with van der Waals surface area (Å²) >= 11 is 0. The van der Waals surface area contributed by atoms with E-state index in [0.717, 1.165) is 11.4 Å². The first kappa shape index (κ1) is 26.8. The molecule has 1 aromatic heterocycles. The summed E-state index contributed by atoms with van der Waals surface area (Å²) in [6, 6.07) is 6.82. The van der Waals surface area contributed by atoms with Crippen molar-refractivity contribution in [3.05, 3.63) is 47.2 Å². The topological polar surface area (TPSA) is 113 Å². The van der Waals surface area contributed by atoms with Crippen LogP contribution in [0.25, 0.3) is 0 Å². The van der Waals surface area contributed by atoms with Crippen LogP contribution in [0.3, 0.4) is 0 Å². The molecule has 0 radical (unpaired) electrons. The lowest BCUT2D eigenvalue weighted by atomic mass is 10.1. The molecule has 40 heavy (non-hydrogen) atoms. The molecule has 0 spiro atoms. The van der Waals surface area contributed by atoms with E-state index < -0.39 is 16.1 Å². The fourth-order valence-electron chi connectivity index (χ4n) is 5.91. The lowest BCUT2D eigenvalue weighted by molar-refractivity contribution is 0.0747. The second-order valence-electron chi connectivity index (χ2n) is 11.0. The van der Waals surface area contributed by atoms with Crippen LogP contribution in [0.15, 0.2) is 30.5 Å². The normalized spacial score (nSPS) is 22.6. The lowest BCUT2D eigenvalue weighted by Crippen LogP contribution is -2.49. The number of hydrogen-bond donors (Lipinski definition) is 0. The highest BCUT2D eigenvalue weighted by molar-refractivity contribution is 7.93. The predicted molar refractivity (Wildman–Crippen MR) is 151 cm³/mol. The summed E-state index contributed by atoms with van der Waals surface area (Å²) in [5.74, 6) is 1.40. The summed E-state index contributed by atoms with van der Waals surface area (Å²) < 4.78 is 37.7. The number of carbonyl (C=O) groups excluding carboxylic acids is 2. The van der Waals surface area contributed by atoms with E-state index in [9.17, 15) is 18.0 Å². The minimum Gasteiger partial charge on any atom is -0.447 e. The van der Waals surface area contributed by atoms with Crippen LogP contribution < -0.4 is 14.1 Å². The minimum absolute atomic E-state index is 0.0213. The number of sulfonamides is 1. The molecule has 2 amide bonds.